The van der Waals surface area contributed by atoms with E-state index in [1.54, 1.807) is 6.92 Å². The van der Waals surface area contributed by atoms with Crippen molar-refractivity contribution in [3.05, 3.63) is 65.9 Å². The van der Waals surface area contributed by atoms with Gasteiger partial charge in [0.25, 0.3) is 0 Å². The van der Waals surface area contributed by atoms with E-state index in [1.165, 1.54) is 35.0 Å². The zero-order valence-corrected chi connectivity index (χ0v) is 20.9. The van der Waals surface area contributed by atoms with Crippen LogP contribution >= 0.6 is 0 Å². The summed E-state index contributed by atoms with van der Waals surface area (Å²) < 4.78 is 90.2. The van der Waals surface area contributed by atoms with Crippen molar-refractivity contribution in [2.75, 3.05) is 11.9 Å². The summed E-state index contributed by atoms with van der Waals surface area (Å²) in [5.74, 6) is -0.442. The number of anilines is 1. The van der Waals surface area contributed by atoms with E-state index in [-0.39, 0.29) is 25.0 Å². The number of hydrogen-bond acceptors (Lipinski definition) is 6. The van der Waals surface area contributed by atoms with Gasteiger partial charge in [-0.25, -0.2) is 0 Å². The van der Waals surface area contributed by atoms with E-state index in [9.17, 15) is 35.9 Å². The standard InChI is InChI=1S/C22H18AsF6N3O5/c1-2-35-20(34)36-19-31-17(12-32(19)11-13-3-5-14(6-4-13)21(24,25)26)30-18(33)23-15-7-9-16(10-8-15)37-22(27,28)29/h3-10,12,23H,2,11H2,1H3,(H,30,33). The summed E-state index contributed by atoms with van der Waals surface area (Å²) >= 11 is -1.53. The molecule has 3 aromatic rings. The average Bonchev–Trinajstić information content (AvgIpc) is 3.14. The molecule has 3 rings (SSSR count). The number of rotatable bonds is 8. The van der Waals surface area contributed by atoms with Crippen LogP contribution in [0, 0.1) is 0 Å². The van der Waals surface area contributed by atoms with Crippen LogP contribution in [0.15, 0.2) is 54.7 Å². The Morgan fingerprint density at radius 1 is 1.00 bits per heavy atom. The molecule has 0 spiro atoms. The van der Waals surface area contributed by atoms with Crippen LogP contribution < -0.4 is 19.1 Å². The van der Waals surface area contributed by atoms with Crippen molar-refractivity contribution in [2.24, 2.45) is 0 Å². The molecule has 0 saturated carbocycles. The van der Waals surface area contributed by atoms with Gasteiger partial charge in [-0.05, 0) is 0 Å². The van der Waals surface area contributed by atoms with Crippen molar-refractivity contribution in [1.29, 1.82) is 0 Å². The van der Waals surface area contributed by atoms with Crippen molar-refractivity contribution in [2.45, 2.75) is 26.0 Å². The first-order valence-electron chi connectivity index (χ1n) is 10.3. The molecule has 37 heavy (non-hydrogen) atoms. The zero-order chi connectivity index (χ0) is 27.2. The molecule has 0 saturated heterocycles. The quantitative estimate of drug-likeness (QED) is 0.232. The molecule has 15 heteroatoms. The normalized spacial score (nSPS) is 12.0. The second-order valence-electron chi connectivity index (χ2n) is 7.17. The predicted molar refractivity (Wildman–Crippen MR) is 119 cm³/mol. The van der Waals surface area contributed by atoms with E-state index in [4.69, 9.17) is 9.47 Å². The van der Waals surface area contributed by atoms with E-state index < -0.39 is 50.5 Å². The Morgan fingerprint density at radius 2 is 1.65 bits per heavy atom. The average molecular weight is 593 g/mol. The van der Waals surface area contributed by atoms with Gasteiger partial charge in [0.1, 0.15) is 0 Å². The molecule has 8 nitrogen and oxygen atoms in total. The number of halogens is 6. The van der Waals surface area contributed by atoms with Crippen molar-refractivity contribution >= 4 is 36.8 Å². The fourth-order valence-electron chi connectivity index (χ4n) is 2.89. The molecule has 0 aliphatic rings. The van der Waals surface area contributed by atoms with Crippen LogP contribution in [0.25, 0.3) is 0 Å². The number of nitrogens with one attached hydrogen (secondary N) is 1. The van der Waals surface area contributed by atoms with Gasteiger partial charge in [0.2, 0.25) is 0 Å². The van der Waals surface area contributed by atoms with Crippen LogP contribution in [-0.2, 0) is 17.5 Å². The summed E-state index contributed by atoms with van der Waals surface area (Å²) in [6.45, 7) is 1.51. The van der Waals surface area contributed by atoms with Crippen LogP contribution in [0.3, 0.4) is 0 Å². The number of carbonyl (C=O) groups excluding carboxylic acids is 2. The minimum atomic E-state index is -4.84. The SMILES string of the molecule is CCOC(=O)Oc1nc(NC(=O)[AsH]c2ccc(OC(F)(F)F)cc2)cn1Cc1ccc(C(F)(F)F)cc1. The van der Waals surface area contributed by atoms with Gasteiger partial charge in [-0.3, -0.25) is 0 Å². The second-order valence-corrected chi connectivity index (χ2v) is 9.86. The van der Waals surface area contributed by atoms with E-state index in [0.29, 0.717) is 9.91 Å². The molecule has 1 amide bonds. The minimum absolute atomic E-state index is 0.0138. The van der Waals surface area contributed by atoms with Crippen molar-refractivity contribution in [3.63, 3.8) is 0 Å². The van der Waals surface area contributed by atoms with Gasteiger partial charge >= 0.3 is 212 Å². The third-order valence-corrected chi connectivity index (χ3v) is 6.44. The third kappa shape index (κ3) is 8.74. The monoisotopic (exact) mass is 593 g/mol. The molecule has 0 fully saturated rings. The van der Waals surface area contributed by atoms with Gasteiger partial charge in [-0.1, -0.05) is 0 Å². The van der Waals surface area contributed by atoms with Crippen molar-refractivity contribution < 1.29 is 50.1 Å². The van der Waals surface area contributed by atoms with E-state index in [0.717, 1.165) is 24.3 Å². The molecule has 0 radical (unpaired) electrons. The van der Waals surface area contributed by atoms with E-state index in [2.05, 4.69) is 15.0 Å². The number of hydrogen-bond donors (Lipinski definition) is 1. The van der Waals surface area contributed by atoms with Crippen LogP contribution in [0.2, 0.25) is 0 Å². The van der Waals surface area contributed by atoms with Gasteiger partial charge in [0.15, 0.2) is 0 Å². The first kappa shape index (κ1) is 27.9. The Morgan fingerprint density at radius 3 is 2.22 bits per heavy atom. The molecule has 198 valence electrons. The summed E-state index contributed by atoms with van der Waals surface area (Å²) in [6.07, 6.45) is -9.10. The molecule has 1 N–H and O–H groups in total. The molecule has 1 atom stereocenters. The Labute approximate surface area is 212 Å². The maximum atomic E-state index is 12.8. The van der Waals surface area contributed by atoms with E-state index >= 15 is 0 Å². The van der Waals surface area contributed by atoms with Crippen LogP contribution in [0.5, 0.6) is 11.8 Å². The molecule has 0 bridgehead atoms. The predicted octanol–water partition coefficient (Wildman–Crippen LogP) is 4.68. The third-order valence-electron chi connectivity index (χ3n) is 4.40. The summed E-state index contributed by atoms with van der Waals surface area (Å²) in [5, 5.41) is 2.52. The molecular formula is C22H18AsF6N3O5. The maximum absolute atomic E-state index is 12.8. The van der Waals surface area contributed by atoms with Crippen LogP contribution in [0.4, 0.5) is 41.7 Å². The number of alkyl halides is 6. The fraction of sp³-hybridized carbons (Fsp3) is 0.227. The molecule has 1 heterocycles. The van der Waals surface area contributed by atoms with Gasteiger partial charge < -0.3 is 0 Å². The first-order chi connectivity index (χ1) is 17.3. The van der Waals surface area contributed by atoms with Crippen LogP contribution in [0.1, 0.15) is 18.1 Å². The number of aromatic nitrogens is 2. The second kappa shape index (κ2) is 11.6. The summed E-state index contributed by atoms with van der Waals surface area (Å²) in [5.41, 5.74) is -0.410. The fourth-order valence-corrected chi connectivity index (χ4v) is 4.54. The molecule has 0 aliphatic heterocycles. The molecule has 2 aromatic carbocycles. The Bertz CT molecular complexity index is 1230. The zero-order valence-electron chi connectivity index (χ0n) is 18.8. The van der Waals surface area contributed by atoms with E-state index in [1.807, 2.05) is 0 Å². The summed E-state index contributed by atoms with van der Waals surface area (Å²) in [4.78, 5) is 28.3. The van der Waals surface area contributed by atoms with Gasteiger partial charge in [-0.2, -0.15) is 0 Å². The van der Waals surface area contributed by atoms with Crippen LogP contribution in [-0.4, -0.2) is 49.1 Å². The number of carbonyl (C=O) groups is 2. The molecule has 1 aromatic heterocycles. The first-order valence-corrected chi connectivity index (χ1v) is 12.4. The number of nitrogens with zero attached hydrogens (tertiary/aromatic N) is 2. The van der Waals surface area contributed by atoms with Gasteiger partial charge in [0.05, 0.1) is 0 Å². The molecule has 0 aliphatic carbocycles. The number of imidazole rings is 1. The van der Waals surface area contributed by atoms with Crippen molar-refractivity contribution in [1.82, 2.24) is 9.55 Å². The number of benzene rings is 2. The van der Waals surface area contributed by atoms with Gasteiger partial charge in [-0.15, -0.1) is 0 Å². The Kier molecular flexibility index (Phi) is 8.74. The Hall–Kier alpha value is -3.67. The topological polar surface area (TPSA) is 91.7 Å². The number of amides is 1. The summed E-state index contributed by atoms with van der Waals surface area (Å²) in [6, 6.07) is 8.85. The van der Waals surface area contributed by atoms with Gasteiger partial charge in [0, 0.05) is 0 Å². The summed E-state index contributed by atoms with van der Waals surface area (Å²) in [7, 11) is 0. The molecule has 1 unspecified atom stereocenters. The Balaban J connectivity index is 1.72. The number of ether oxygens (including phenoxy) is 3. The van der Waals surface area contributed by atoms with Crippen molar-refractivity contribution in [3.8, 4) is 11.8 Å². The molecular weight excluding hydrogens is 575 g/mol.